The molecule has 0 bridgehead atoms. The Hall–Kier alpha value is 0.629. The maximum Gasteiger partial charge on any atom is 3.00 e. The van der Waals surface area contributed by atoms with Gasteiger partial charge in [0.25, 0.3) is 0 Å². The second kappa shape index (κ2) is 154. The summed E-state index contributed by atoms with van der Waals surface area (Å²) >= 11 is 0. The van der Waals surface area contributed by atoms with E-state index < -0.39 is 0 Å². The van der Waals surface area contributed by atoms with Crippen LogP contribution in [0.25, 0.3) is 0 Å². The Balaban J connectivity index is 0. The predicted molar refractivity (Wildman–Crippen MR) is 22.9 cm³/mol. The first-order valence-corrected chi connectivity index (χ1v) is 0. The molecule has 0 saturated heterocycles. The molecule has 0 spiro atoms. The Labute approximate surface area is 45.5 Å². The van der Waals surface area contributed by atoms with E-state index in [9.17, 15) is 0 Å². The van der Waals surface area contributed by atoms with Gasteiger partial charge in [0.05, 0.1) is 0 Å². The summed E-state index contributed by atoms with van der Waals surface area (Å²) in [6.07, 6.45) is 0. The Kier molecular flexibility index (Phi) is 9380. The van der Waals surface area contributed by atoms with Crippen molar-refractivity contribution >= 4 is 28.3 Å². The minimum absolute atomic E-state index is 0. The summed E-state index contributed by atoms with van der Waals surface area (Å²) in [5.41, 5.74) is 0. The van der Waals surface area contributed by atoms with Crippen LogP contribution in [-0.2, 0) is 0 Å². The standard InChI is InChI=1S/Al.3H2O.H4Si/h;3*1H2;1H4/q+3;;;;/p-3. The third-order valence-corrected chi connectivity index (χ3v) is 0. The van der Waals surface area contributed by atoms with Crippen molar-refractivity contribution in [3.63, 3.8) is 0 Å². The molecule has 3 nitrogen and oxygen atoms in total. The van der Waals surface area contributed by atoms with Crippen molar-refractivity contribution in [3.05, 3.63) is 0 Å². The minimum Gasteiger partial charge on any atom is -0.870 e. The summed E-state index contributed by atoms with van der Waals surface area (Å²) in [7, 11) is 0. The van der Waals surface area contributed by atoms with Crippen molar-refractivity contribution in [1.29, 1.82) is 0 Å². The summed E-state index contributed by atoms with van der Waals surface area (Å²) < 4.78 is 0. The van der Waals surface area contributed by atoms with Crippen molar-refractivity contribution < 1.29 is 16.4 Å². The van der Waals surface area contributed by atoms with Crippen LogP contribution in [0, 0.1) is 0 Å². The summed E-state index contributed by atoms with van der Waals surface area (Å²) in [4.78, 5) is 0. The van der Waals surface area contributed by atoms with Crippen LogP contribution in [0.1, 0.15) is 0 Å². The maximum absolute atomic E-state index is 0. The summed E-state index contributed by atoms with van der Waals surface area (Å²) in [5, 5.41) is 0. The van der Waals surface area contributed by atoms with Crippen molar-refractivity contribution in [1.82, 2.24) is 0 Å². The Morgan fingerprint density at radius 3 is 0.600 bits per heavy atom. The molecule has 32 valence electrons. The third kappa shape index (κ3) is 80.8. The maximum atomic E-state index is 0. The van der Waals surface area contributed by atoms with E-state index in [1.54, 1.807) is 0 Å². The monoisotopic (exact) mass is 110 g/mol. The Morgan fingerprint density at radius 2 is 0.600 bits per heavy atom. The third-order valence-electron chi connectivity index (χ3n) is 0. The van der Waals surface area contributed by atoms with Crippen LogP contribution < -0.4 is 0 Å². The van der Waals surface area contributed by atoms with Crippen LogP contribution in [0.15, 0.2) is 0 Å². The van der Waals surface area contributed by atoms with E-state index in [4.69, 9.17) is 0 Å². The SMILES string of the molecule is [Al+3].[OH-].[OH-].[OH-].[SiH4]. The fourth-order valence-corrected chi connectivity index (χ4v) is 0. The van der Waals surface area contributed by atoms with Crippen LogP contribution in [0.5, 0.6) is 0 Å². The van der Waals surface area contributed by atoms with Gasteiger partial charge in [0.1, 0.15) is 0 Å². The van der Waals surface area contributed by atoms with E-state index in [0.717, 1.165) is 0 Å². The molecule has 0 atom stereocenters. The fourth-order valence-electron chi connectivity index (χ4n) is 0. The minimum atomic E-state index is 0. The van der Waals surface area contributed by atoms with Gasteiger partial charge in [-0.3, -0.25) is 0 Å². The molecule has 0 aliphatic carbocycles. The quantitative estimate of drug-likeness (QED) is 0.326. The van der Waals surface area contributed by atoms with Crippen molar-refractivity contribution in [2.75, 3.05) is 0 Å². The van der Waals surface area contributed by atoms with Gasteiger partial charge in [0.15, 0.2) is 0 Å². The molecule has 0 aromatic rings. The van der Waals surface area contributed by atoms with Crippen LogP contribution in [-0.4, -0.2) is 44.8 Å². The first kappa shape index (κ1) is 305. The van der Waals surface area contributed by atoms with E-state index in [0.29, 0.717) is 0 Å². The summed E-state index contributed by atoms with van der Waals surface area (Å²) in [6, 6.07) is 0. The van der Waals surface area contributed by atoms with E-state index in [1.807, 2.05) is 0 Å². The van der Waals surface area contributed by atoms with Crippen LogP contribution in [0.2, 0.25) is 0 Å². The summed E-state index contributed by atoms with van der Waals surface area (Å²) in [5.74, 6) is 0. The summed E-state index contributed by atoms with van der Waals surface area (Å²) in [6.45, 7) is 0. The van der Waals surface area contributed by atoms with Crippen LogP contribution in [0.4, 0.5) is 0 Å². The van der Waals surface area contributed by atoms with Gasteiger partial charge in [0.2, 0.25) is 0 Å². The molecule has 5 heavy (non-hydrogen) atoms. The van der Waals surface area contributed by atoms with Gasteiger partial charge >= 0.3 is 17.4 Å². The number of hydrogen-bond acceptors (Lipinski definition) is 3. The van der Waals surface area contributed by atoms with E-state index in [-0.39, 0.29) is 44.8 Å². The van der Waals surface area contributed by atoms with E-state index in [1.165, 1.54) is 0 Å². The molecule has 0 saturated carbocycles. The second-order valence-electron chi connectivity index (χ2n) is 0. The van der Waals surface area contributed by atoms with Gasteiger partial charge in [-0.15, -0.1) is 0 Å². The molecule has 0 aliphatic rings. The molecule has 3 N–H and O–H groups in total. The molecule has 0 fully saturated rings. The smallest absolute Gasteiger partial charge is 0.870 e. The average Bonchev–Trinajstić information content (AvgIpc) is 0. The normalized spacial score (nSPS) is 0. The van der Waals surface area contributed by atoms with Crippen molar-refractivity contribution in [3.8, 4) is 0 Å². The zero-order valence-corrected chi connectivity index (χ0v) is 3.07. The molecule has 0 amide bonds. The van der Waals surface area contributed by atoms with Gasteiger partial charge < -0.3 is 16.4 Å². The molecule has 0 aromatic carbocycles. The van der Waals surface area contributed by atoms with Crippen molar-refractivity contribution in [2.24, 2.45) is 0 Å². The largest absolute Gasteiger partial charge is 3.00 e. The van der Waals surface area contributed by atoms with E-state index >= 15 is 0 Å². The Bertz CT molecular complexity index is 6.85. The topological polar surface area (TPSA) is 90.0 Å². The van der Waals surface area contributed by atoms with Gasteiger partial charge in [-0.25, -0.2) is 0 Å². The van der Waals surface area contributed by atoms with Gasteiger partial charge in [-0.05, 0) is 11.0 Å². The fraction of sp³-hybridized carbons (Fsp3) is 0. The molecule has 0 rings (SSSR count). The molecular formula is H7AlO3Si. The van der Waals surface area contributed by atoms with Gasteiger partial charge in [-0.1, -0.05) is 0 Å². The molecule has 0 aliphatic heterocycles. The van der Waals surface area contributed by atoms with Gasteiger partial charge in [-0.2, -0.15) is 0 Å². The number of hydrogen-bond donors (Lipinski definition) is 0. The Morgan fingerprint density at radius 1 is 0.600 bits per heavy atom. The zero-order valence-electron chi connectivity index (χ0n) is 1.92. The molecule has 0 radical (unpaired) electrons. The van der Waals surface area contributed by atoms with Crippen LogP contribution >= 0.6 is 0 Å². The molecule has 0 aromatic heterocycles. The molecule has 5 heteroatoms. The van der Waals surface area contributed by atoms with Crippen molar-refractivity contribution in [2.45, 2.75) is 0 Å². The first-order chi connectivity index (χ1) is 0. The van der Waals surface area contributed by atoms with E-state index in [2.05, 4.69) is 0 Å². The molecule has 0 heterocycles. The average molecular weight is 110 g/mol. The first-order valence-electron chi connectivity index (χ1n) is 0. The predicted octanol–water partition coefficient (Wildman–Crippen LogP) is -2.36. The molecular weight excluding hydrogens is 103 g/mol. The number of rotatable bonds is 0. The zero-order chi connectivity index (χ0) is 0. The van der Waals surface area contributed by atoms with Crippen LogP contribution in [0.3, 0.4) is 0 Å². The van der Waals surface area contributed by atoms with Gasteiger partial charge in [0, 0.05) is 0 Å². The second-order valence-corrected chi connectivity index (χ2v) is 0. The molecule has 0 unspecified atom stereocenters.